The van der Waals surface area contributed by atoms with Crippen LogP contribution >= 0.6 is 0 Å². The topological polar surface area (TPSA) is 75.4 Å². The van der Waals surface area contributed by atoms with Gasteiger partial charge in [-0.2, -0.15) is 0 Å². The van der Waals surface area contributed by atoms with Crippen LogP contribution in [0.2, 0.25) is 0 Å². The maximum atomic E-state index is 10.6. The van der Waals surface area contributed by atoms with E-state index >= 15 is 0 Å². The Balaban J connectivity index is 3.35. The molecule has 0 radical (unpaired) electrons. The highest BCUT2D eigenvalue weighted by molar-refractivity contribution is 5.94. The van der Waals surface area contributed by atoms with Crippen molar-refractivity contribution < 1.29 is 14.6 Å². The van der Waals surface area contributed by atoms with Gasteiger partial charge in [0.2, 0.25) is 0 Å². The van der Waals surface area contributed by atoms with Gasteiger partial charge in [-0.05, 0) is 24.6 Å². The summed E-state index contributed by atoms with van der Waals surface area (Å²) in [6, 6.07) is 3.12. The molecule has 0 aliphatic rings. The van der Waals surface area contributed by atoms with Crippen LogP contribution in [0.5, 0.6) is 5.75 Å². The number of ether oxygens (including phenoxy) is 1. The zero-order valence-electron chi connectivity index (χ0n) is 7.46. The lowest BCUT2D eigenvalue weighted by Gasteiger charge is -2.11. The van der Waals surface area contributed by atoms with Gasteiger partial charge in [0.25, 0.3) is 0 Å². The summed E-state index contributed by atoms with van der Waals surface area (Å²) in [6.07, 6.45) is 0. The van der Waals surface area contributed by atoms with Crippen molar-refractivity contribution in [3.05, 3.63) is 23.3 Å². The Labute approximate surface area is 75.9 Å². The lowest BCUT2D eigenvalue weighted by Crippen LogP contribution is -2.23. The van der Waals surface area contributed by atoms with Crippen molar-refractivity contribution in [2.45, 2.75) is 6.92 Å². The first kappa shape index (κ1) is 9.38. The number of methoxy groups -OCH3 is 1. The monoisotopic (exact) mass is 180 g/mol. The summed E-state index contributed by atoms with van der Waals surface area (Å²) < 4.78 is 4.90. The Hall–Kier alpha value is -1.71. The van der Waals surface area contributed by atoms with Gasteiger partial charge in [0, 0.05) is 5.56 Å². The van der Waals surface area contributed by atoms with Gasteiger partial charge in [0.1, 0.15) is 5.75 Å². The predicted octanol–water partition coefficient (Wildman–Crippen LogP) is -0.0507. The van der Waals surface area contributed by atoms with E-state index in [9.17, 15) is 9.90 Å². The first-order valence-electron chi connectivity index (χ1n) is 3.71. The molecule has 0 aliphatic heterocycles. The van der Waals surface area contributed by atoms with Crippen LogP contribution in [0, 0.1) is 6.92 Å². The fraction of sp³-hybridized carbons (Fsp3) is 0.222. The number of carboxylic acid groups (broad SMARTS) is 1. The molecule has 0 aromatic heterocycles. The van der Waals surface area contributed by atoms with Gasteiger partial charge in [-0.25, -0.2) is 0 Å². The van der Waals surface area contributed by atoms with Crippen LogP contribution in [0.1, 0.15) is 15.9 Å². The third-order valence-electron chi connectivity index (χ3n) is 1.73. The number of hydrogen-bond donors (Lipinski definition) is 1. The van der Waals surface area contributed by atoms with Crippen molar-refractivity contribution in [1.29, 1.82) is 0 Å². The van der Waals surface area contributed by atoms with E-state index in [2.05, 4.69) is 0 Å². The van der Waals surface area contributed by atoms with E-state index in [1.54, 1.807) is 13.0 Å². The summed E-state index contributed by atoms with van der Waals surface area (Å²) in [4.78, 5) is 10.6. The third kappa shape index (κ3) is 1.72. The minimum Gasteiger partial charge on any atom is -0.545 e. The van der Waals surface area contributed by atoms with Gasteiger partial charge in [-0.3, -0.25) is 0 Å². The molecule has 0 saturated heterocycles. The lowest BCUT2D eigenvalue weighted by molar-refractivity contribution is -0.254. The zero-order valence-corrected chi connectivity index (χ0v) is 7.46. The summed E-state index contributed by atoms with van der Waals surface area (Å²) in [5.74, 6) is -0.932. The molecule has 0 aliphatic carbocycles. The molecule has 1 aromatic rings. The summed E-state index contributed by atoms with van der Waals surface area (Å²) in [5, 5.41) is 10.6. The Morgan fingerprint density at radius 3 is 2.62 bits per heavy atom. The predicted molar refractivity (Wildman–Crippen MR) is 46.5 cm³/mol. The number of aryl methyl sites for hydroxylation is 1. The standard InChI is InChI=1S/C9H11NO3/c1-5-3-6(9(11)12)8(10)7(4-5)13-2/h3-4H,10H2,1-2H3,(H,11,12)/p-1. The van der Waals surface area contributed by atoms with E-state index in [1.807, 2.05) is 0 Å². The molecule has 0 heterocycles. The normalized spacial score (nSPS) is 9.69. The average Bonchev–Trinajstić information content (AvgIpc) is 2.08. The van der Waals surface area contributed by atoms with Crippen LogP contribution < -0.4 is 15.6 Å². The van der Waals surface area contributed by atoms with Crippen molar-refractivity contribution >= 4 is 11.7 Å². The lowest BCUT2D eigenvalue weighted by atomic mass is 10.1. The number of carboxylic acids is 1. The summed E-state index contributed by atoms with van der Waals surface area (Å²) >= 11 is 0. The van der Waals surface area contributed by atoms with Crippen molar-refractivity contribution in [3.8, 4) is 5.75 Å². The number of carbonyl (C=O) groups is 1. The Morgan fingerprint density at radius 2 is 2.15 bits per heavy atom. The van der Waals surface area contributed by atoms with Crippen LogP contribution in [0.15, 0.2) is 12.1 Å². The Kier molecular flexibility index (Phi) is 2.41. The van der Waals surface area contributed by atoms with Crippen molar-refractivity contribution in [1.82, 2.24) is 0 Å². The van der Waals surface area contributed by atoms with E-state index in [0.717, 1.165) is 5.56 Å². The number of nitrogen functional groups attached to an aromatic ring is 1. The van der Waals surface area contributed by atoms with Gasteiger partial charge in [-0.15, -0.1) is 0 Å². The highest BCUT2D eigenvalue weighted by Gasteiger charge is 2.07. The SMILES string of the molecule is COc1cc(C)cc(C(=O)[O-])c1N. The number of nitrogens with two attached hydrogens (primary N) is 1. The van der Waals surface area contributed by atoms with Crippen molar-refractivity contribution in [2.75, 3.05) is 12.8 Å². The highest BCUT2D eigenvalue weighted by atomic mass is 16.5. The van der Waals surface area contributed by atoms with Gasteiger partial charge in [0.15, 0.2) is 0 Å². The second-order valence-corrected chi connectivity index (χ2v) is 2.72. The van der Waals surface area contributed by atoms with Crippen LogP contribution in [0.3, 0.4) is 0 Å². The maximum absolute atomic E-state index is 10.6. The number of carbonyl (C=O) groups excluding carboxylic acids is 1. The minimum atomic E-state index is -1.29. The van der Waals surface area contributed by atoms with E-state index in [0.29, 0.717) is 5.75 Å². The van der Waals surface area contributed by atoms with Gasteiger partial charge in [-0.1, -0.05) is 0 Å². The number of rotatable bonds is 2. The molecule has 1 aromatic carbocycles. The zero-order chi connectivity index (χ0) is 10.0. The van der Waals surface area contributed by atoms with Crippen molar-refractivity contribution in [3.63, 3.8) is 0 Å². The Morgan fingerprint density at radius 1 is 1.54 bits per heavy atom. The molecule has 2 N–H and O–H groups in total. The maximum Gasteiger partial charge on any atom is 0.142 e. The fourth-order valence-corrected chi connectivity index (χ4v) is 1.10. The Bertz CT molecular complexity index is 347. The van der Waals surface area contributed by atoms with E-state index in [-0.39, 0.29) is 11.3 Å². The summed E-state index contributed by atoms with van der Waals surface area (Å²) in [6.45, 7) is 1.76. The van der Waals surface area contributed by atoms with Crippen LogP contribution in [0.25, 0.3) is 0 Å². The molecule has 0 atom stereocenters. The van der Waals surface area contributed by atoms with E-state index in [1.165, 1.54) is 13.2 Å². The molecule has 4 heteroatoms. The first-order valence-corrected chi connectivity index (χ1v) is 3.71. The van der Waals surface area contributed by atoms with Crippen LogP contribution in [-0.4, -0.2) is 13.1 Å². The minimum absolute atomic E-state index is 0.0307. The largest absolute Gasteiger partial charge is 0.545 e. The number of hydrogen-bond acceptors (Lipinski definition) is 4. The van der Waals surface area contributed by atoms with Gasteiger partial charge < -0.3 is 20.4 Å². The third-order valence-corrected chi connectivity index (χ3v) is 1.73. The molecular formula is C9H10NO3-. The average molecular weight is 180 g/mol. The van der Waals surface area contributed by atoms with E-state index in [4.69, 9.17) is 10.5 Å². The second-order valence-electron chi connectivity index (χ2n) is 2.72. The molecule has 0 bridgehead atoms. The molecule has 13 heavy (non-hydrogen) atoms. The number of anilines is 1. The van der Waals surface area contributed by atoms with Gasteiger partial charge in [0.05, 0.1) is 18.8 Å². The molecule has 0 amide bonds. The molecular weight excluding hydrogens is 170 g/mol. The molecule has 0 unspecified atom stereocenters. The smallest absolute Gasteiger partial charge is 0.142 e. The van der Waals surface area contributed by atoms with E-state index < -0.39 is 5.97 Å². The quantitative estimate of drug-likeness (QED) is 0.647. The summed E-state index contributed by atoms with van der Waals surface area (Å²) in [7, 11) is 1.43. The fourth-order valence-electron chi connectivity index (χ4n) is 1.10. The first-order chi connectivity index (χ1) is 6.06. The second kappa shape index (κ2) is 3.35. The van der Waals surface area contributed by atoms with Crippen LogP contribution in [-0.2, 0) is 0 Å². The van der Waals surface area contributed by atoms with Gasteiger partial charge >= 0.3 is 0 Å². The molecule has 0 saturated carbocycles. The number of aromatic carboxylic acids is 1. The molecule has 0 fully saturated rings. The highest BCUT2D eigenvalue weighted by Crippen LogP contribution is 2.26. The molecule has 1 rings (SSSR count). The summed E-state index contributed by atoms with van der Waals surface area (Å²) in [5.41, 5.74) is 6.36. The molecule has 70 valence electrons. The van der Waals surface area contributed by atoms with Crippen molar-refractivity contribution in [2.24, 2.45) is 0 Å². The number of benzene rings is 1. The molecule has 4 nitrogen and oxygen atoms in total. The van der Waals surface area contributed by atoms with Crippen LogP contribution in [0.4, 0.5) is 5.69 Å². The molecule has 0 spiro atoms.